The highest BCUT2D eigenvalue weighted by Crippen LogP contribution is 2.22. The van der Waals surface area contributed by atoms with E-state index in [-0.39, 0.29) is 41.7 Å². The maximum Gasteiger partial charge on any atom is 0.338 e. The zero-order valence-electron chi connectivity index (χ0n) is 16.5. The second-order valence-corrected chi connectivity index (χ2v) is 8.82. The molecule has 2 atom stereocenters. The van der Waals surface area contributed by atoms with Gasteiger partial charge in [0.15, 0.2) is 6.61 Å². The van der Waals surface area contributed by atoms with Crippen molar-refractivity contribution in [1.29, 1.82) is 0 Å². The SMILES string of the molecule is CCCCNC(=O)COC(=O)c1cccc(S(=O)(=O)N2C[C@H](C)O[C@@H](C)C2)c1. The summed E-state index contributed by atoms with van der Waals surface area (Å²) in [5.74, 6) is -1.13. The first-order valence-electron chi connectivity index (χ1n) is 9.43. The molecular formula is C19H28N2O6S. The number of nitrogens with zero attached hydrogens (tertiary/aromatic N) is 1. The maximum absolute atomic E-state index is 12.9. The Morgan fingerprint density at radius 1 is 1.25 bits per heavy atom. The molecule has 1 aliphatic heterocycles. The smallest absolute Gasteiger partial charge is 0.338 e. The van der Waals surface area contributed by atoms with E-state index in [1.165, 1.54) is 28.6 Å². The predicted octanol–water partition coefficient (Wildman–Crippen LogP) is 1.56. The molecule has 8 nitrogen and oxygen atoms in total. The highest BCUT2D eigenvalue weighted by atomic mass is 32.2. The van der Waals surface area contributed by atoms with E-state index >= 15 is 0 Å². The van der Waals surface area contributed by atoms with Crippen LogP contribution in [0.1, 0.15) is 44.0 Å². The molecule has 156 valence electrons. The Hall–Kier alpha value is -1.97. The number of amides is 1. The monoisotopic (exact) mass is 412 g/mol. The van der Waals surface area contributed by atoms with Crippen molar-refractivity contribution in [3.63, 3.8) is 0 Å². The Kier molecular flexibility index (Phi) is 7.97. The second kappa shape index (κ2) is 9.99. The van der Waals surface area contributed by atoms with Gasteiger partial charge in [-0.2, -0.15) is 4.31 Å². The standard InChI is InChI=1S/C19H28N2O6S/c1-4-5-9-20-18(22)13-26-19(23)16-7-6-8-17(10-16)28(24,25)21-11-14(2)27-15(3)12-21/h6-8,10,14-15H,4-5,9,11-13H2,1-3H3,(H,20,22)/t14-,15-/m0/s1. The molecule has 0 aliphatic carbocycles. The lowest BCUT2D eigenvalue weighted by Gasteiger charge is -2.34. The number of hydrogen-bond donors (Lipinski definition) is 1. The fraction of sp³-hybridized carbons (Fsp3) is 0.579. The Morgan fingerprint density at radius 2 is 1.93 bits per heavy atom. The second-order valence-electron chi connectivity index (χ2n) is 6.89. The van der Waals surface area contributed by atoms with Crippen molar-refractivity contribution in [2.75, 3.05) is 26.2 Å². The number of carbonyl (C=O) groups excluding carboxylic acids is 2. The van der Waals surface area contributed by atoms with Gasteiger partial charge in [0.2, 0.25) is 10.0 Å². The Bertz CT molecular complexity index is 785. The van der Waals surface area contributed by atoms with Crippen LogP contribution in [0.4, 0.5) is 0 Å². The van der Waals surface area contributed by atoms with E-state index in [0.29, 0.717) is 6.54 Å². The summed E-state index contributed by atoms with van der Waals surface area (Å²) >= 11 is 0. The first kappa shape index (κ1) is 22.3. The van der Waals surface area contributed by atoms with Gasteiger partial charge in [-0.1, -0.05) is 19.4 Å². The van der Waals surface area contributed by atoms with Gasteiger partial charge >= 0.3 is 5.97 Å². The van der Waals surface area contributed by atoms with Crippen molar-refractivity contribution in [3.8, 4) is 0 Å². The molecule has 2 rings (SSSR count). The highest BCUT2D eigenvalue weighted by Gasteiger charge is 2.32. The van der Waals surface area contributed by atoms with Crippen molar-refractivity contribution in [2.45, 2.75) is 50.7 Å². The van der Waals surface area contributed by atoms with Crippen LogP contribution in [-0.4, -0.2) is 63.0 Å². The molecule has 1 fully saturated rings. The van der Waals surface area contributed by atoms with Crippen LogP contribution >= 0.6 is 0 Å². The maximum atomic E-state index is 12.9. The Labute approximate surface area is 166 Å². The van der Waals surface area contributed by atoms with Crippen LogP contribution in [0.5, 0.6) is 0 Å². The molecule has 0 spiro atoms. The fourth-order valence-electron chi connectivity index (χ4n) is 2.93. The molecule has 1 amide bonds. The van der Waals surface area contributed by atoms with Crippen molar-refractivity contribution >= 4 is 21.9 Å². The molecule has 0 bridgehead atoms. The average Bonchev–Trinajstić information content (AvgIpc) is 2.65. The summed E-state index contributed by atoms with van der Waals surface area (Å²) in [6, 6.07) is 5.66. The van der Waals surface area contributed by atoms with Gasteiger partial charge in [0.05, 0.1) is 22.7 Å². The molecule has 1 N–H and O–H groups in total. The number of nitrogens with one attached hydrogen (secondary N) is 1. The third-order valence-corrected chi connectivity index (χ3v) is 6.11. The van der Waals surface area contributed by atoms with Gasteiger partial charge in [-0.25, -0.2) is 13.2 Å². The first-order chi connectivity index (χ1) is 13.2. The molecule has 1 aromatic rings. The molecular weight excluding hydrogens is 384 g/mol. The fourth-order valence-corrected chi connectivity index (χ4v) is 4.57. The molecule has 0 aromatic heterocycles. The van der Waals surface area contributed by atoms with Gasteiger partial charge < -0.3 is 14.8 Å². The molecule has 1 aromatic carbocycles. The van der Waals surface area contributed by atoms with Gasteiger partial charge in [0, 0.05) is 19.6 Å². The number of unbranched alkanes of at least 4 members (excludes halogenated alkanes) is 1. The summed E-state index contributed by atoms with van der Waals surface area (Å²) in [6.07, 6.45) is 1.37. The summed E-state index contributed by atoms with van der Waals surface area (Å²) in [5, 5.41) is 2.65. The number of ether oxygens (including phenoxy) is 2. The minimum atomic E-state index is -3.76. The van der Waals surface area contributed by atoms with Gasteiger partial charge in [0.25, 0.3) is 5.91 Å². The van der Waals surface area contributed by atoms with E-state index in [0.717, 1.165) is 12.8 Å². The number of carbonyl (C=O) groups is 2. The number of esters is 1. The van der Waals surface area contributed by atoms with Gasteiger partial charge in [-0.3, -0.25) is 4.79 Å². The quantitative estimate of drug-likeness (QED) is 0.514. The summed E-state index contributed by atoms with van der Waals surface area (Å²) in [4.78, 5) is 23.9. The number of rotatable bonds is 8. The zero-order valence-corrected chi connectivity index (χ0v) is 17.3. The lowest BCUT2D eigenvalue weighted by molar-refractivity contribution is -0.124. The molecule has 1 saturated heterocycles. The van der Waals surface area contributed by atoms with E-state index in [4.69, 9.17) is 9.47 Å². The van der Waals surface area contributed by atoms with Crippen LogP contribution in [0.25, 0.3) is 0 Å². The number of hydrogen-bond acceptors (Lipinski definition) is 6. The summed E-state index contributed by atoms with van der Waals surface area (Å²) < 4.78 is 37.8. The minimum Gasteiger partial charge on any atom is -0.452 e. The minimum absolute atomic E-state index is 0.00986. The van der Waals surface area contributed by atoms with Crippen molar-refractivity contribution < 1.29 is 27.5 Å². The van der Waals surface area contributed by atoms with E-state index in [9.17, 15) is 18.0 Å². The Balaban J connectivity index is 2.04. The predicted molar refractivity (Wildman–Crippen MR) is 103 cm³/mol. The summed E-state index contributed by atoms with van der Waals surface area (Å²) in [7, 11) is -3.76. The Morgan fingerprint density at radius 3 is 2.57 bits per heavy atom. The van der Waals surface area contributed by atoms with E-state index in [1.807, 2.05) is 20.8 Å². The van der Waals surface area contributed by atoms with Crippen LogP contribution in [0.3, 0.4) is 0 Å². The van der Waals surface area contributed by atoms with Gasteiger partial charge in [-0.15, -0.1) is 0 Å². The molecule has 0 saturated carbocycles. The number of sulfonamides is 1. The highest BCUT2D eigenvalue weighted by molar-refractivity contribution is 7.89. The van der Waals surface area contributed by atoms with Gasteiger partial charge in [-0.05, 0) is 38.5 Å². The van der Waals surface area contributed by atoms with Crippen LogP contribution in [0.15, 0.2) is 29.2 Å². The summed E-state index contributed by atoms with van der Waals surface area (Å²) in [5.41, 5.74) is 0.0804. The van der Waals surface area contributed by atoms with Crippen molar-refractivity contribution in [3.05, 3.63) is 29.8 Å². The van der Waals surface area contributed by atoms with E-state index in [2.05, 4.69) is 5.32 Å². The molecule has 1 heterocycles. The largest absolute Gasteiger partial charge is 0.452 e. The average molecular weight is 413 g/mol. The topological polar surface area (TPSA) is 102 Å². The summed E-state index contributed by atoms with van der Waals surface area (Å²) in [6.45, 7) is 6.26. The molecule has 28 heavy (non-hydrogen) atoms. The van der Waals surface area contributed by atoms with Crippen LogP contribution < -0.4 is 5.32 Å². The number of morpholine rings is 1. The third-order valence-electron chi connectivity index (χ3n) is 4.28. The van der Waals surface area contributed by atoms with Gasteiger partial charge in [0.1, 0.15) is 0 Å². The molecule has 9 heteroatoms. The van der Waals surface area contributed by atoms with Crippen LogP contribution in [0.2, 0.25) is 0 Å². The lowest BCUT2D eigenvalue weighted by Crippen LogP contribution is -2.48. The molecule has 1 aliphatic rings. The molecule has 0 unspecified atom stereocenters. The number of benzene rings is 1. The van der Waals surface area contributed by atoms with Crippen LogP contribution in [-0.2, 0) is 24.3 Å². The zero-order chi connectivity index (χ0) is 20.7. The normalized spacial score (nSPS) is 20.5. The van der Waals surface area contributed by atoms with E-state index < -0.39 is 22.6 Å². The molecule has 0 radical (unpaired) electrons. The lowest BCUT2D eigenvalue weighted by atomic mass is 10.2. The van der Waals surface area contributed by atoms with Crippen LogP contribution in [0, 0.1) is 0 Å². The first-order valence-corrected chi connectivity index (χ1v) is 10.9. The van der Waals surface area contributed by atoms with Crippen molar-refractivity contribution in [2.24, 2.45) is 0 Å². The third kappa shape index (κ3) is 6.02. The van der Waals surface area contributed by atoms with Crippen molar-refractivity contribution in [1.82, 2.24) is 9.62 Å². The van der Waals surface area contributed by atoms with E-state index in [1.54, 1.807) is 0 Å².